The van der Waals surface area contributed by atoms with E-state index >= 15 is 0 Å². The molecule has 0 saturated carbocycles. The van der Waals surface area contributed by atoms with E-state index in [0.29, 0.717) is 0 Å². The zero-order valence-corrected chi connectivity index (χ0v) is 10.6. The summed E-state index contributed by atoms with van der Waals surface area (Å²) >= 11 is 0. The van der Waals surface area contributed by atoms with Crippen LogP contribution in [0.15, 0.2) is 49.1 Å². The van der Waals surface area contributed by atoms with Crippen LogP contribution in [0.5, 0.6) is 0 Å². The lowest BCUT2D eigenvalue weighted by atomic mass is 10.3. The van der Waals surface area contributed by atoms with Crippen molar-refractivity contribution in [2.75, 3.05) is 0 Å². The summed E-state index contributed by atoms with van der Waals surface area (Å²) in [6.45, 7) is 13.3. The second-order valence-electron chi connectivity index (χ2n) is 3.50. The first-order chi connectivity index (χ1) is 7.18. The van der Waals surface area contributed by atoms with Crippen molar-refractivity contribution in [2.45, 2.75) is 46.5 Å². The molecule has 0 heteroatoms. The highest BCUT2D eigenvalue weighted by Gasteiger charge is 1.72. The number of rotatable bonds is 3. The minimum atomic E-state index is 1.02. The average molecular weight is 206 g/mol. The number of unbranched alkanes of at least 4 members (excludes halogenated alkanes) is 2. The molecule has 0 aliphatic heterocycles. The molecule has 86 valence electrons. The van der Waals surface area contributed by atoms with Gasteiger partial charge in [-0.15, -0.1) is 0 Å². The molecule has 0 aromatic heterocycles. The van der Waals surface area contributed by atoms with E-state index in [1.807, 2.05) is 6.92 Å². The third-order valence-corrected chi connectivity index (χ3v) is 1.71. The zero-order chi connectivity index (χ0) is 11.9. The standard InChI is InChI=1S/C5H6.C5H8.C5H12/c1-2-4-5-3-1;1-4-5(2)3;1-3-5-4-2/h1-4H,5H2;4H,1-2H2,3H3;3-5H2,1-2H3. The van der Waals surface area contributed by atoms with E-state index in [4.69, 9.17) is 0 Å². The summed E-state index contributed by atoms with van der Waals surface area (Å²) in [5.74, 6) is 0. The fourth-order valence-electron chi connectivity index (χ4n) is 0.746. The van der Waals surface area contributed by atoms with Gasteiger partial charge in [0.15, 0.2) is 0 Å². The highest BCUT2D eigenvalue weighted by Crippen LogP contribution is 1.93. The van der Waals surface area contributed by atoms with Gasteiger partial charge in [0.2, 0.25) is 0 Å². The molecule has 0 radical (unpaired) electrons. The normalized spacial score (nSPS) is 10.9. The van der Waals surface area contributed by atoms with E-state index in [2.05, 4.69) is 51.3 Å². The van der Waals surface area contributed by atoms with Crippen molar-refractivity contribution in [2.24, 2.45) is 0 Å². The Morgan fingerprint density at radius 1 is 1.20 bits per heavy atom. The summed E-state index contributed by atoms with van der Waals surface area (Å²) in [5.41, 5.74) is 1.02. The quantitative estimate of drug-likeness (QED) is 0.539. The van der Waals surface area contributed by atoms with Crippen molar-refractivity contribution in [3.05, 3.63) is 49.1 Å². The minimum Gasteiger partial charge on any atom is -0.0988 e. The maximum absolute atomic E-state index is 3.56. The van der Waals surface area contributed by atoms with E-state index in [1.54, 1.807) is 6.08 Å². The van der Waals surface area contributed by atoms with Crippen LogP contribution in [-0.4, -0.2) is 0 Å². The van der Waals surface area contributed by atoms with Crippen molar-refractivity contribution in [1.82, 2.24) is 0 Å². The largest absolute Gasteiger partial charge is 0.0988 e. The van der Waals surface area contributed by atoms with Crippen molar-refractivity contribution < 1.29 is 0 Å². The molecule has 0 spiro atoms. The summed E-state index contributed by atoms with van der Waals surface area (Å²) in [5, 5.41) is 0. The van der Waals surface area contributed by atoms with Crippen LogP contribution in [0.1, 0.15) is 46.5 Å². The van der Waals surface area contributed by atoms with Gasteiger partial charge < -0.3 is 0 Å². The van der Waals surface area contributed by atoms with Gasteiger partial charge in [0.1, 0.15) is 0 Å². The fourth-order valence-corrected chi connectivity index (χ4v) is 0.746. The van der Waals surface area contributed by atoms with E-state index in [9.17, 15) is 0 Å². The molecule has 15 heavy (non-hydrogen) atoms. The molecule has 0 fully saturated rings. The third kappa shape index (κ3) is 24.6. The second kappa shape index (κ2) is 15.4. The molecule has 0 heterocycles. The van der Waals surface area contributed by atoms with Crippen LogP contribution in [0.25, 0.3) is 0 Å². The summed E-state index contributed by atoms with van der Waals surface area (Å²) in [6.07, 6.45) is 15.3. The van der Waals surface area contributed by atoms with Crippen LogP contribution >= 0.6 is 0 Å². The van der Waals surface area contributed by atoms with Gasteiger partial charge in [0.25, 0.3) is 0 Å². The summed E-state index contributed by atoms with van der Waals surface area (Å²) in [6, 6.07) is 0. The van der Waals surface area contributed by atoms with Gasteiger partial charge in [-0.2, -0.15) is 0 Å². The van der Waals surface area contributed by atoms with Gasteiger partial charge in [-0.1, -0.05) is 82.2 Å². The Labute approximate surface area is 96.1 Å². The van der Waals surface area contributed by atoms with Crippen LogP contribution in [0.3, 0.4) is 0 Å². The lowest BCUT2D eigenvalue weighted by Gasteiger charge is -1.79. The van der Waals surface area contributed by atoms with E-state index < -0.39 is 0 Å². The van der Waals surface area contributed by atoms with E-state index in [0.717, 1.165) is 12.0 Å². The summed E-state index contributed by atoms with van der Waals surface area (Å²) < 4.78 is 0. The van der Waals surface area contributed by atoms with Gasteiger partial charge in [0.05, 0.1) is 0 Å². The molecule has 1 aliphatic carbocycles. The highest BCUT2D eigenvalue weighted by atomic mass is 13.8. The second-order valence-corrected chi connectivity index (χ2v) is 3.50. The molecule has 0 N–H and O–H groups in total. The Morgan fingerprint density at radius 2 is 1.60 bits per heavy atom. The fraction of sp³-hybridized carbons (Fsp3) is 0.467. The number of allylic oxidation sites excluding steroid dienone is 6. The molecule has 0 aromatic rings. The van der Waals surface area contributed by atoms with Crippen LogP contribution in [0.2, 0.25) is 0 Å². The van der Waals surface area contributed by atoms with Crippen molar-refractivity contribution in [3.63, 3.8) is 0 Å². The topological polar surface area (TPSA) is 0 Å². The van der Waals surface area contributed by atoms with Crippen LogP contribution in [-0.2, 0) is 0 Å². The molecule has 0 aromatic carbocycles. The van der Waals surface area contributed by atoms with Crippen LogP contribution in [0, 0.1) is 0 Å². The smallest absolute Gasteiger partial charge is 0.0163 e. The molecule has 0 amide bonds. The average Bonchev–Trinajstić information content (AvgIpc) is 2.78. The highest BCUT2D eigenvalue weighted by molar-refractivity contribution is 5.12. The van der Waals surface area contributed by atoms with Gasteiger partial charge in [-0.05, 0) is 13.3 Å². The van der Waals surface area contributed by atoms with Gasteiger partial charge in [-0.3, -0.25) is 0 Å². The van der Waals surface area contributed by atoms with Gasteiger partial charge in [0, 0.05) is 0 Å². The number of hydrogen-bond acceptors (Lipinski definition) is 0. The molecule has 0 atom stereocenters. The first-order valence-electron chi connectivity index (χ1n) is 5.78. The van der Waals surface area contributed by atoms with E-state index in [1.165, 1.54) is 19.3 Å². The molecule has 0 nitrogen and oxygen atoms in total. The van der Waals surface area contributed by atoms with Crippen LogP contribution in [0.4, 0.5) is 0 Å². The molecule has 0 unspecified atom stereocenters. The van der Waals surface area contributed by atoms with Crippen molar-refractivity contribution >= 4 is 0 Å². The Morgan fingerprint density at radius 3 is 1.67 bits per heavy atom. The molecular weight excluding hydrogens is 180 g/mol. The maximum atomic E-state index is 3.56. The van der Waals surface area contributed by atoms with Crippen LogP contribution < -0.4 is 0 Å². The van der Waals surface area contributed by atoms with Gasteiger partial charge in [-0.25, -0.2) is 0 Å². The predicted molar refractivity (Wildman–Crippen MR) is 73.1 cm³/mol. The molecule has 1 aliphatic rings. The Hall–Kier alpha value is -1.04. The predicted octanol–water partition coefficient (Wildman–Crippen LogP) is 5.45. The molecule has 1 rings (SSSR count). The molecule has 0 saturated heterocycles. The van der Waals surface area contributed by atoms with Crippen molar-refractivity contribution in [1.29, 1.82) is 0 Å². The number of hydrogen-bond donors (Lipinski definition) is 0. The minimum absolute atomic E-state index is 1.02. The Balaban J connectivity index is 0. The first kappa shape index (κ1) is 16.4. The first-order valence-corrected chi connectivity index (χ1v) is 5.78. The molecular formula is C15H26. The van der Waals surface area contributed by atoms with Gasteiger partial charge >= 0.3 is 0 Å². The maximum Gasteiger partial charge on any atom is -0.0163 e. The lowest BCUT2D eigenvalue weighted by Crippen LogP contribution is -1.59. The Bertz CT molecular complexity index is 182. The van der Waals surface area contributed by atoms with Crippen molar-refractivity contribution in [3.8, 4) is 0 Å². The zero-order valence-electron chi connectivity index (χ0n) is 10.6. The van der Waals surface area contributed by atoms with E-state index in [-0.39, 0.29) is 0 Å². The SMILES string of the molecule is C1=CCC=C1.C=CC(=C)C.CCCCC. The lowest BCUT2D eigenvalue weighted by molar-refractivity contribution is 0.772. The summed E-state index contributed by atoms with van der Waals surface area (Å²) in [7, 11) is 0. The monoisotopic (exact) mass is 206 g/mol. The molecule has 0 bridgehead atoms. The third-order valence-electron chi connectivity index (χ3n) is 1.71. The Kier molecular flexibility index (Phi) is 16.9. The summed E-state index contributed by atoms with van der Waals surface area (Å²) in [4.78, 5) is 0.